The average Bonchev–Trinajstić information content (AvgIpc) is 2.82. The van der Waals surface area contributed by atoms with Crippen LogP contribution >= 0.6 is 11.6 Å². The Balaban J connectivity index is 1.61. The molecule has 5 nitrogen and oxygen atoms in total. The number of esters is 1. The summed E-state index contributed by atoms with van der Waals surface area (Å²) >= 11 is 6.10. The van der Waals surface area contributed by atoms with Crippen molar-refractivity contribution in [2.45, 2.75) is 46.5 Å². The fraction of sp³-hybridized carbons (Fsp3) is 0.370. The normalized spacial score (nSPS) is 15.7. The zero-order valence-electron chi connectivity index (χ0n) is 19.3. The van der Waals surface area contributed by atoms with Crippen LogP contribution in [0.2, 0.25) is 5.02 Å². The Morgan fingerprint density at radius 1 is 1.15 bits per heavy atom. The highest BCUT2D eigenvalue weighted by molar-refractivity contribution is 6.33. The number of ether oxygens (including phenoxy) is 1. The lowest BCUT2D eigenvalue weighted by molar-refractivity contribution is -0.119. The van der Waals surface area contributed by atoms with Gasteiger partial charge in [0.25, 0.3) is 5.91 Å². The maximum Gasteiger partial charge on any atom is 0.339 e. The lowest BCUT2D eigenvalue weighted by Crippen LogP contribution is -2.31. The maximum absolute atomic E-state index is 13.3. The standard InChI is InChI=1S/C27H29ClN2O3/c1-4-27(2,3)17-13-14-22-19(15-17)25(18-9-5-7-11-21(18)29-22)26(32)33-16-24(31)30-23-12-8-6-10-20(23)28/h5-12,17H,4,13-16H2,1-3H3,(H,30,31). The molecule has 0 saturated heterocycles. The molecule has 1 aliphatic rings. The molecule has 1 amide bonds. The van der Waals surface area contributed by atoms with E-state index in [9.17, 15) is 9.59 Å². The summed E-state index contributed by atoms with van der Waals surface area (Å²) in [5.41, 5.74) is 3.89. The van der Waals surface area contributed by atoms with Crippen molar-refractivity contribution in [3.63, 3.8) is 0 Å². The molecular formula is C27H29ClN2O3. The summed E-state index contributed by atoms with van der Waals surface area (Å²) in [6, 6.07) is 14.6. The van der Waals surface area contributed by atoms with Crippen molar-refractivity contribution in [2.24, 2.45) is 11.3 Å². The molecule has 33 heavy (non-hydrogen) atoms. The molecule has 3 aromatic rings. The first-order valence-electron chi connectivity index (χ1n) is 11.4. The number of hydrogen-bond donors (Lipinski definition) is 1. The van der Waals surface area contributed by atoms with E-state index in [-0.39, 0.29) is 12.0 Å². The van der Waals surface area contributed by atoms with E-state index in [4.69, 9.17) is 21.3 Å². The summed E-state index contributed by atoms with van der Waals surface area (Å²) in [5, 5.41) is 3.88. The minimum Gasteiger partial charge on any atom is -0.452 e. The first-order chi connectivity index (χ1) is 15.8. The Morgan fingerprint density at radius 2 is 1.88 bits per heavy atom. The van der Waals surface area contributed by atoms with Crippen molar-refractivity contribution < 1.29 is 14.3 Å². The Kier molecular flexibility index (Phi) is 6.71. The van der Waals surface area contributed by atoms with Gasteiger partial charge in [0.1, 0.15) is 0 Å². The lowest BCUT2D eigenvalue weighted by atomic mass is 9.68. The van der Waals surface area contributed by atoms with E-state index in [2.05, 4.69) is 26.1 Å². The molecule has 1 aliphatic carbocycles. The van der Waals surface area contributed by atoms with Crippen LogP contribution in [0.5, 0.6) is 0 Å². The molecule has 172 valence electrons. The van der Waals surface area contributed by atoms with Gasteiger partial charge in [-0.1, -0.05) is 69.1 Å². The SMILES string of the molecule is CCC(C)(C)C1CCc2nc3ccccc3c(C(=O)OCC(=O)Nc3ccccc3Cl)c2C1. The Morgan fingerprint density at radius 3 is 2.64 bits per heavy atom. The van der Waals surface area contributed by atoms with Gasteiger partial charge in [0, 0.05) is 11.1 Å². The molecule has 0 bridgehead atoms. The van der Waals surface area contributed by atoms with Crippen molar-refractivity contribution >= 4 is 40.1 Å². The number of carbonyl (C=O) groups excluding carboxylic acids is 2. The van der Waals surface area contributed by atoms with Crippen molar-refractivity contribution in [1.82, 2.24) is 4.98 Å². The number of nitrogens with zero attached hydrogens (tertiary/aromatic N) is 1. The molecular weight excluding hydrogens is 436 g/mol. The second-order valence-corrected chi connectivity index (χ2v) is 9.72. The van der Waals surface area contributed by atoms with Crippen LogP contribution < -0.4 is 5.32 Å². The number of benzene rings is 2. The van der Waals surface area contributed by atoms with Gasteiger partial charge < -0.3 is 10.1 Å². The molecule has 0 radical (unpaired) electrons. The van der Waals surface area contributed by atoms with Crippen molar-refractivity contribution in [3.05, 3.63) is 70.4 Å². The molecule has 1 aromatic heterocycles. The van der Waals surface area contributed by atoms with Crippen LogP contribution in [-0.2, 0) is 22.4 Å². The number of hydrogen-bond acceptors (Lipinski definition) is 4. The number of amides is 1. The first kappa shape index (κ1) is 23.2. The molecule has 1 N–H and O–H groups in total. The number of rotatable bonds is 6. The Labute approximate surface area is 199 Å². The molecule has 0 saturated carbocycles. The highest BCUT2D eigenvalue weighted by Gasteiger charge is 2.34. The predicted octanol–water partition coefficient (Wildman–Crippen LogP) is 6.22. The summed E-state index contributed by atoms with van der Waals surface area (Å²) in [6.45, 7) is 6.39. The van der Waals surface area contributed by atoms with Gasteiger partial charge in [-0.2, -0.15) is 0 Å². The molecule has 4 rings (SSSR count). The number of pyridine rings is 1. The molecule has 1 heterocycles. The third-order valence-electron chi connectivity index (χ3n) is 6.96. The zero-order valence-corrected chi connectivity index (χ0v) is 20.0. The van der Waals surface area contributed by atoms with Crippen LogP contribution in [0.25, 0.3) is 10.9 Å². The molecule has 6 heteroatoms. The van der Waals surface area contributed by atoms with Crippen molar-refractivity contribution in [2.75, 3.05) is 11.9 Å². The average molecular weight is 465 g/mol. The number of aryl methyl sites for hydroxylation is 1. The van der Waals surface area contributed by atoms with Gasteiger partial charge in [0.05, 0.1) is 21.8 Å². The summed E-state index contributed by atoms with van der Waals surface area (Å²) < 4.78 is 5.50. The first-order valence-corrected chi connectivity index (χ1v) is 11.8. The fourth-order valence-electron chi connectivity index (χ4n) is 4.53. The molecule has 2 aromatic carbocycles. The van der Waals surface area contributed by atoms with Gasteiger partial charge in [0.15, 0.2) is 6.61 Å². The minimum absolute atomic E-state index is 0.166. The van der Waals surface area contributed by atoms with E-state index in [1.54, 1.807) is 24.3 Å². The highest BCUT2D eigenvalue weighted by atomic mass is 35.5. The van der Waals surface area contributed by atoms with E-state index in [1.165, 1.54) is 0 Å². The zero-order chi connectivity index (χ0) is 23.6. The third kappa shape index (κ3) is 4.88. The Hall–Kier alpha value is -2.92. The minimum atomic E-state index is -0.492. The van der Waals surface area contributed by atoms with E-state index in [1.807, 2.05) is 24.3 Å². The van der Waals surface area contributed by atoms with E-state index < -0.39 is 11.9 Å². The van der Waals surface area contributed by atoms with Crippen molar-refractivity contribution in [1.29, 1.82) is 0 Å². The van der Waals surface area contributed by atoms with E-state index >= 15 is 0 Å². The van der Waals surface area contributed by atoms with Crippen LogP contribution in [0.15, 0.2) is 48.5 Å². The second-order valence-electron chi connectivity index (χ2n) is 9.32. The van der Waals surface area contributed by atoms with Crippen LogP contribution in [0.4, 0.5) is 5.69 Å². The largest absolute Gasteiger partial charge is 0.452 e. The van der Waals surface area contributed by atoms with Gasteiger partial charge in [0.2, 0.25) is 0 Å². The number of para-hydroxylation sites is 2. The number of carbonyl (C=O) groups is 2. The number of aromatic nitrogens is 1. The highest BCUT2D eigenvalue weighted by Crippen LogP contribution is 2.41. The second kappa shape index (κ2) is 9.52. The van der Waals surface area contributed by atoms with Gasteiger partial charge in [-0.3, -0.25) is 9.78 Å². The number of nitrogens with one attached hydrogen (secondary N) is 1. The quantitative estimate of drug-likeness (QED) is 0.439. The van der Waals surface area contributed by atoms with E-state index in [0.29, 0.717) is 22.2 Å². The molecule has 0 spiro atoms. The number of halogens is 1. The van der Waals surface area contributed by atoms with Gasteiger partial charge in [-0.15, -0.1) is 0 Å². The van der Waals surface area contributed by atoms with Crippen molar-refractivity contribution in [3.8, 4) is 0 Å². The van der Waals surface area contributed by atoms with Crippen LogP contribution in [0.3, 0.4) is 0 Å². The number of fused-ring (bicyclic) bond motifs is 2. The monoisotopic (exact) mass is 464 g/mol. The van der Waals surface area contributed by atoms with Gasteiger partial charge in [-0.25, -0.2) is 4.79 Å². The third-order valence-corrected chi connectivity index (χ3v) is 7.29. The van der Waals surface area contributed by atoms with Gasteiger partial charge in [-0.05, 0) is 54.4 Å². The number of anilines is 1. The van der Waals surface area contributed by atoms with Gasteiger partial charge >= 0.3 is 5.97 Å². The smallest absolute Gasteiger partial charge is 0.339 e. The van der Waals surface area contributed by atoms with Crippen LogP contribution in [-0.4, -0.2) is 23.5 Å². The topological polar surface area (TPSA) is 68.3 Å². The predicted molar refractivity (Wildman–Crippen MR) is 132 cm³/mol. The molecule has 0 fully saturated rings. The summed E-state index contributed by atoms with van der Waals surface area (Å²) in [6.07, 6.45) is 3.73. The summed E-state index contributed by atoms with van der Waals surface area (Å²) in [4.78, 5) is 30.6. The molecule has 1 unspecified atom stereocenters. The molecule has 1 atom stereocenters. The van der Waals surface area contributed by atoms with Crippen LogP contribution in [0.1, 0.15) is 55.2 Å². The van der Waals surface area contributed by atoms with Crippen LogP contribution in [0, 0.1) is 11.3 Å². The lowest BCUT2D eigenvalue weighted by Gasteiger charge is -2.37. The maximum atomic E-state index is 13.3. The van der Waals surface area contributed by atoms with E-state index in [0.717, 1.165) is 47.8 Å². The molecule has 0 aliphatic heterocycles. The summed E-state index contributed by atoms with van der Waals surface area (Å²) in [5.74, 6) is -0.476. The Bertz CT molecular complexity index is 1210. The summed E-state index contributed by atoms with van der Waals surface area (Å²) in [7, 11) is 0. The fourth-order valence-corrected chi connectivity index (χ4v) is 4.71.